The van der Waals surface area contributed by atoms with Gasteiger partial charge in [-0.25, -0.2) is 9.59 Å². The van der Waals surface area contributed by atoms with E-state index in [-0.39, 0.29) is 34.2 Å². The van der Waals surface area contributed by atoms with Crippen LogP contribution >= 0.6 is 0 Å². The van der Waals surface area contributed by atoms with Gasteiger partial charge in [-0.05, 0) is 24.3 Å². The molecule has 0 heterocycles. The predicted molar refractivity (Wildman–Crippen MR) is 112 cm³/mol. The number of hydrogen-bond donors (Lipinski definition) is 2. The highest BCUT2D eigenvalue weighted by molar-refractivity contribution is 5.89. The van der Waals surface area contributed by atoms with E-state index in [2.05, 4.69) is 10.6 Å². The number of nitrogens with zero attached hydrogens (tertiary/aromatic N) is 2. The number of nitro groups is 2. The minimum absolute atomic E-state index is 0.107. The topological polar surface area (TPSA) is 163 Å². The number of nitro benzene ring substituents is 2. The second kappa shape index (κ2) is 9.67. The molecule has 12 heteroatoms. The fourth-order valence-corrected chi connectivity index (χ4v) is 2.50. The number of benzene rings is 3. The van der Waals surface area contributed by atoms with E-state index in [1.54, 1.807) is 0 Å². The Balaban J connectivity index is 1.66. The minimum Gasteiger partial charge on any atom is -0.406 e. The Morgan fingerprint density at radius 3 is 1.44 bits per heavy atom. The molecule has 0 atom stereocenters. The average Bonchev–Trinajstić information content (AvgIpc) is 2.75. The Bertz CT molecular complexity index is 1100. The molecule has 0 spiro atoms. The molecule has 0 fully saturated rings. The lowest BCUT2D eigenvalue weighted by atomic mass is 10.3. The van der Waals surface area contributed by atoms with E-state index in [1.165, 1.54) is 60.7 Å². The Kier molecular flexibility index (Phi) is 6.56. The van der Waals surface area contributed by atoms with Gasteiger partial charge < -0.3 is 9.47 Å². The van der Waals surface area contributed by atoms with E-state index in [0.29, 0.717) is 0 Å². The van der Waals surface area contributed by atoms with Crippen LogP contribution in [0.2, 0.25) is 0 Å². The first-order chi connectivity index (χ1) is 15.3. The van der Waals surface area contributed by atoms with Crippen molar-refractivity contribution >= 4 is 34.9 Å². The van der Waals surface area contributed by atoms with Crippen molar-refractivity contribution in [2.45, 2.75) is 0 Å². The van der Waals surface area contributed by atoms with Crippen molar-refractivity contribution in [1.29, 1.82) is 0 Å². The van der Waals surface area contributed by atoms with Gasteiger partial charge in [0.2, 0.25) is 0 Å². The maximum Gasteiger partial charge on any atom is 0.417 e. The normalized spacial score (nSPS) is 10.0. The lowest BCUT2D eigenvalue weighted by Gasteiger charge is -2.11. The van der Waals surface area contributed by atoms with E-state index in [0.717, 1.165) is 12.1 Å². The molecule has 162 valence electrons. The summed E-state index contributed by atoms with van der Waals surface area (Å²) in [7, 11) is 0. The maximum atomic E-state index is 12.2. The summed E-state index contributed by atoms with van der Waals surface area (Å²) in [5.74, 6) is -0.214. The van der Waals surface area contributed by atoms with Crippen molar-refractivity contribution in [3.8, 4) is 11.5 Å². The SMILES string of the molecule is O=C(Nc1cccc([N+](=O)[O-])c1)Oc1ccccc1OC(=O)Nc1cccc([N+](=O)[O-])c1. The molecule has 0 aromatic heterocycles. The largest absolute Gasteiger partial charge is 0.417 e. The number of carbonyl (C=O) groups excluding carboxylic acids is 2. The number of para-hydroxylation sites is 2. The Labute approximate surface area is 179 Å². The summed E-state index contributed by atoms with van der Waals surface area (Å²) in [4.78, 5) is 44.8. The summed E-state index contributed by atoms with van der Waals surface area (Å²) in [6, 6.07) is 16.3. The molecule has 0 unspecified atom stereocenters. The number of non-ortho nitro benzene ring substituents is 2. The Morgan fingerprint density at radius 1 is 0.656 bits per heavy atom. The molecular weight excluding hydrogens is 424 g/mol. The van der Waals surface area contributed by atoms with E-state index < -0.39 is 22.0 Å². The molecule has 2 N–H and O–H groups in total. The van der Waals surface area contributed by atoms with Gasteiger partial charge in [0.25, 0.3) is 11.4 Å². The zero-order valence-corrected chi connectivity index (χ0v) is 16.1. The van der Waals surface area contributed by atoms with Gasteiger partial charge in [0, 0.05) is 24.3 Å². The number of hydrogen-bond acceptors (Lipinski definition) is 8. The predicted octanol–water partition coefficient (Wildman–Crippen LogP) is 4.72. The van der Waals surface area contributed by atoms with E-state index >= 15 is 0 Å². The molecule has 0 aliphatic rings. The molecule has 0 aliphatic heterocycles. The molecule has 0 saturated heterocycles. The third kappa shape index (κ3) is 5.76. The zero-order valence-electron chi connectivity index (χ0n) is 16.1. The summed E-state index contributed by atoms with van der Waals surface area (Å²) in [6.07, 6.45) is -1.94. The van der Waals surface area contributed by atoms with Gasteiger partial charge in [0.05, 0.1) is 21.2 Å². The van der Waals surface area contributed by atoms with Gasteiger partial charge in [-0.2, -0.15) is 0 Å². The van der Waals surface area contributed by atoms with Crippen molar-refractivity contribution in [1.82, 2.24) is 0 Å². The van der Waals surface area contributed by atoms with Crippen molar-refractivity contribution in [2.24, 2.45) is 0 Å². The summed E-state index contributed by atoms with van der Waals surface area (Å²) in [5.41, 5.74) is -0.175. The second-order valence-electron chi connectivity index (χ2n) is 6.09. The van der Waals surface area contributed by atoms with Gasteiger partial charge in [0.15, 0.2) is 11.5 Å². The van der Waals surface area contributed by atoms with E-state index in [1.807, 2.05) is 0 Å². The molecule has 2 amide bonds. The minimum atomic E-state index is -0.972. The maximum absolute atomic E-state index is 12.2. The van der Waals surface area contributed by atoms with E-state index in [9.17, 15) is 29.8 Å². The standard InChI is InChI=1S/C20H14N4O8/c25-19(21-13-5-3-7-15(11-13)23(27)28)31-17-9-1-2-10-18(17)32-20(26)22-14-6-4-8-16(12-14)24(29)30/h1-12H,(H,21,25)(H,22,26). The first-order valence-electron chi connectivity index (χ1n) is 8.87. The fourth-order valence-electron chi connectivity index (χ4n) is 2.50. The van der Waals surface area contributed by atoms with Crippen LogP contribution in [0.4, 0.5) is 32.3 Å². The molecule has 0 saturated carbocycles. The molecule has 32 heavy (non-hydrogen) atoms. The van der Waals surface area contributed by atoms with Crippen molar-refractivity contribution in [2.75, 3.05) is 10.6 Å². The fraction of sp³-hybridized carbons (Fsp3) is 0. The molecule has 3 aromatic rings. The molecule has 0 radical (unpaired) electrons. The molecule has 0 aliphatic carbocycles. The van der Waals surface area contributed by atoms with Crippen LogP contribution < -0.4 is 20.1 Å². The number of carbonyl (C=O) groups is 2. The lowest BCUT2D eigenvalue weighted by molar-refractivity contribution is -0.385. The second-order valence-corrected chi connectivity index (χ2v) is 6.09. The highest BCUT2D eigenvalue weighted by atomic mass is 16.6. The number of amides is 2. The molecular formula is C20H14N4O8. The third-order valence-corrected chi connectivity index (χ3v) is 3.86. The highest BCUT2D eigenvalue weighted by Crippen LogP contribution is 2.28. The first-order valence-corrected chi connectivity index (χ1v) is 8.87. The van der Waals surface area contributed by atoms with Crippen molar-refractivity contribution < 1.29 is 28.9 Å². The van der Waals surface area contributed by atoms with Gasteiger partial charge >= 0.3 is 12.2 Å². The lowest BCUT2D eigenvalue weighted by Crippen LogP contribution is -2.20. The smallest absolute Gasteiger partial charge is 0.406 e. The first kappa shape index (κ1) is 21.7. The summed E-state index contributed by atoms with van der Waals surface area (Å²) in [6.45, 7) is 0. The Hall–Kier alpha value is -5.00. The highest BCUT2D eigenvalue weighted by Gasteiger charge is 2.15. The van der Waals surface area contributed by atoms with Crippen LogP contribution in [0.3, 0.4) is 0 Å². The molecule has 12 nitrogen and oxygen atoms in total. The number of anilines is 2. The van der Waals surface area contributed by atoms with Crippen LogP contribution in [-0.2, 0) is 0 Å². The average molecular weight is 438 g/mol. The van der Waals surface area contributed by atoms with Crippen LogP contribution in [0.1, 0.15) is 0 Å². The number of ether oxygens (including phenoxy) is 2. The van der Waals surface area contributed by atoms with Gasteiger partial charge in [0.1, 0.15) is 0 Å². The van der Waals surface area contributed by atoms with Crippen LogP contribution in [0, 0.1) is 20.2 Å². The number of rotatable bonds is 6. The molecule has 3 rings (SSSR count). The van der Waals surface area contributed by atoms with Gasteiger partial charge in [-0.15, -0.1) is 0 Å². The summed E-state index contributed by atoms with van der Waals surface area (Å²) >= 11 is 0. The van der Waals surface area contributed by atoms with Gasteiger partial charge in [-0.1, -0.05) is 24.3 Å². The zero-order chi connectivity index (χ0) is 23.1. The Morgan fingerprint density at radius 2 is 1.06 bits per heavy atom. The summed E-state index contributed by atoms with van der Waals surface area (Å²) in [5, 5.41) is 26.3. The van der Waals surface area contributed by atoms with Crippen LogP contribution in [0.5, 0.6) is 11.5 Å². The van der Waals surface area contributed by atoms with Crippen LogP contribution in [-0.4, -0.2) is 22.0 Å². The van der Waals surface area contributed by atoms with Crippen LogP contribution in [0.15, 0.2) is 72.8 Å². The molecule has 0 bridgehead atoms. The van der Waals surface area contributed by atoms with Gasteiger partial charge in [-0.3, -0.25) is 30.9 Å². The van der Waals surface area contributed by atoms with Crippen LogP contribution in [0.25, 0.3) is 0 Å². The van der Waals surface area contributed by atoms with Crippen molar-refractivity contribution in [3.63, 3.8) is 0 Å². The molecule has 3 aromatic carbocycles. The van der Waals surface area contributed by atoms with Crippen molar-refractivity contribution in [3.05, 3.63) is 93.0 Å². The monoisotopic (exact) mass is 438 g/mol. The van der Waals surface area contributed by atoms with E-state index in [4.69, 9.17) is 9.47 Å². The summed E-state index contributed by atoms with van der Waals surface area (Å²) < 4.78 is 10.3. The third-order valence-electron chi connectivity index (χ3n) is 3.86. The quantitative estimate of drug-likeness (QED) is 0.412. The number of nitrogens with one attached hydrogen (secondary N) is 2.